The summed E-state index contributed by atoms with van der Waals surface area (Å²) >= 11 is 5.07. The molecule has 2 rings (SSSR count). The number of hydrogen-bond acceptors (Lipinski definition) is 5. The molecular formula is C13H15N5O3S. The Labute approximate surface area is 131 Å². The number of nitrogens with zero attached hydrogens (tertiary/aromatic N) is 3. The van der Waals surface area contributed by atoms with Gasteiger partial charge in [-0.15, -0.1) is 0 Å². The van der Waals surface area contributed by atoms with Crippen LogP contribution < -0.4 is 15.5 Å². The molecule has 9 heteroatoms. The van der Waals surface area contributed by atoms with Crippen molar-refractivity contribution in [1.29, 1.82) is 0 Å². The molecule has 0 bridgehead atoms. The summed E-state index contributed by atoms with van der Waals surface area (Å²) in [4.78, 5) is 22.3. The lowest BCUT2D eigenvalue weighted by atomic mass is 10.3. The van der Waals surface area contributed by atoms with Gasteiger partial charge in [0.25, 0.3) is 0 Å². The summed E-state index contributed by atoms with van der Waals surface area (Å²) < 4.78 is 8.08. The number of ether oxygens (including phenoxy) is 1. The van der Waals surface area contributed by atoms with Crippen molar-refractivity contribution in [3.05, 3.63) is 35.4 Å². The maximum Gasteiger partial charge on any atom is 0.246 e. The van der Waals surface area contributed by atoms with Crippen LogP contribution in [0.5, 0.6) is 5.75 Å². The summed E-state index contributed by atoms with van der Waals surface area (Å²) in [6.45, 7) is 2.43. The summed E-state index contributed by atoms with van der Waals surface area (Å²) in [6, 6.07) is 7.03. The molecule has 2 N–H and O–H groups in total. The predicted molar refractivity (Wildman–Crippen MR) is 82.7 cm³/mol. The van der Waals surface area contributed by atoms with Gasteiger partial charge in [0.2, 0.25) is 17.1 Å². The molecule has 116 valence electrons. The number of hydrogen-bond donors (Lipinski definition) is 2. The number of benzene rings is 1. The van der Waals surface area contributed by atoms with Gasteiger partial charge in [-0.25, -0.2) is 9.36 Å². The fourth-order valence-corrected chi connectivity index (χ4v) is 1.94. The second-order valence-electron chi connectivity index (χ2n) is 4.19. The first-order chi connectivity index (χ1) is 10.6. The Morgan fingerprint density at radius 1 is 1.41 bits per heavy atom. The van der Waals surface area contributed by atoms with Crippen LogP contribution in [0.4, 0.5) is 5.69 Å². The van der Waals surface area contributed by atoms with Crippen LogP contribution >= 0.6 is 12.2 Å². The first kappa shape index (κ1) is 15.7. The van der Waals surface area contributed by atoms with E-state index in [2.05, 4.69) is 15.8 Å². The molecule has 0 aliphatic carbocycles. The largest absolute Gasteiger partial charge is 0.494 e. The molecule has 1 aromatic carbocycles. The van der Waals surface area contributed by atoms with Gasteiger partial charge in [0.1, 0.15) is 18.6 Å². The lowest BCUT2D eigenvalue weighted by Gasteiger charge is -2.07. The number of nitrogens with one attached hydrogen (secondary N) is 2. The van der Waals surface area contributed by atoms with Crippen molar-refractivity contribution < 1.29 is 14.3 Å². The van der Waals surface area contributed by atoms with E-state index in [4.69, 9.17) is 17.0 Å². The molecule has 0 radical (unpaired) electrons. The Kier molecular flexibility index (Phi) is 5.26. The maximum atomic E-state index is 12.0. The number of carbonyl (C=O) groups is 2. The van der Waals surface area contributed by atoms with Crippen molar-refractivity contribution in [3.63, 3.8) is 0 Å². The van der Waals surface area contributed by atoms with Gasteiger partial charge in [-0.05, 0) is 43.4 Å². The summed E-state index contributed by atoms with van der Waals surface area (Å²) in [5, 5.41) is 6.66. The SMILES string of the molecule is CCOc1ccc(NC(=O)Cn2ncn(NC=O)c2=S)cc1. The topological polar surface area (TPSA) is 90.2 Å². The number of aromatic nitrogens is 3. The first-order valence-electron chi connectivity index (χ1n) is 6.51. The minimum absolute atomic E-state index is 0.0560. The molecule has 0 spiro atoms. The third kappa shape index (κ3) is 3.92. The average molecular weight is 321 g/mol. The highest BCUT2D eigenvalue weighted by Crippen LogP contribution is 2.15. The minimum atomic E-state index is -0.281. The zero-order chi connectivity index (χ0) is 15.9. The van der Waals surface area contributed by atoms with E-state index in [-0.39, 0.29) is 17.2 Å². The number of amides is 2. The van der Waals surface area contributed by atoms with Crippen molar-refractivity contribution in [2.45, 2.75) is 13.5 Å². The molecule has 1 aromatic heterocycles. The summed E-state index contributed by atoms with van der Waals surface area (Å²) in [6.07, 6.45) is 1.79. The zero-order valence-corrected chi connectivity index (χ0v) is 12.7. The Hall–Kier alpha value is -2.68. The molecule has 0 fully saturated rings. The Morgan fingerprint density at radius 2 is 2.14 bits per heavy atom. The van der Waals surface area contributed by atoms with E-state index in [1.807, 2.05) is 6.92 Å². The number of anilines is 1. The van der Waals surface area contributed by atoms with Crippen LogP contribution in [-0.4, -0.2) is 33.4 Å². The second-order valence-corrected chi connectivity index (χ2v) is 4.56. The highest BCUT2D eigenvalue weighted by Gasteiger charge is 2.07. The van der Waals surface area contributed by atoms with Crippen molar-refractivity contribution in [2.24, 2.45) is 0 Å². The van der Waals surface area contributed by atoms with Gasteiger partial charge in [-0.3, -0.25) is 15.0 Å². The fraction of sp³-hybridized carbons (Fsp3) is 0.231. The van der Waals surface area contributed by atoms with Gasteiger partial charge < -0.3 is 10.1 Å². The molecule has 0 atom stereocenters. The molecule has 1 heterocycles. The molecule has 2 aromatic rings. The standard InChI is InChI=1S/C13H15N5O3S/c1-2-21-11-5-3-10(4-6-11)16-12(20)7-17-13(22)18(8-14-17)15-9-19/h3-6,8-9H,2,7H2,1H3,(H,15,19)(H,16,20). The maximum absolute atomic E-state index is 12.0. The van der Waals surface area contributed by atoms with E-state index < -0.39 is 0 Å². The van der Waals surface area contributed by atoms with E-state index in [0.717, 1.165) is 5.75 Å². The van der Waals surface area contributed by atoms with Crippen molar-refractivity contribution in [2.75, 3.05) is 17.3 Å². The van der Waals surface area contributed by atoms with Gasteiger partial charge in [0.05, 0.1) is 6.61 Å². The van der Waals surface area contributed by atoms with E-state index in [1.54, 1.807) is 24.3 Å². The lowest BCUT2D eigenvalue weighted by Crippen LogP contribution is -2.20. The van der Waals surface area contributed by atoms with E-state index in [1.165, 1.54) is 15.7 Å². The van der Waals surface area contributed by atoms with Crippen LogP contribution in [0.3, 0.4) is 0 Å². The molecule has 8 nitrogen and oxygen atoms in total. The molecule has 22 heavy (non-hydrogen) atoms. The molecule has 0 aliphatic rings. The third-order valence-electron chi connectivity index (χ3n) is 2.67. The van der Waals surface area contributed by atoms with Gasteiger partial charge >= 0.3 is 0 Å². The Morgan fingerprint density at radius 3 is 2.77 bits per heavy atom. The average Bonchev–Trinajstić information content (AvgIpc) is 2.83. The fourth-order valence-electron chi connectivity index (χ4n) is 1.73. The van der Waals surface area contributed by atoms with Crippen LogP contribution in [0, 0.1) is 4.77 Å². The molecule has 0 aliphatic heterocycles. The number of carbonyl (C=O) groups excluding carboxylic acids is 2. The normalized spacial score (nSPS) is 10.0. The minimum Gasteiger partial charge on any atom is -0.494 e. The van der Waals surface area contributed by atoms with Gasteiger partial charge in [-0.2, -0.15) is 5.10 Å². The quantitative estimate of drug-likeness (QED) is 0.590. The number of rotatable bonds is 7. The van der Waals surface area contributed by atoms with E-state index in [0.29, 0.717) is 18.7 Å². The van der Waals surface area contributed by atoms with Crippen LogP contribution in [-0.2, 0) is 16.1 Å². The highest BCUT2D eigenvalue weighted by molar-refractivity contribution is 7.71. The summed E-state index contributed by atoms with van der Waals surface area (Å²) in [5.41, 5.74) is 2.98. The van der Waals surface area contributed by atoms with Crippen LogP contribution in [0.1, 0.15) is 6.92 Å². The van der Waals surface area contributed by atoms with Crippen LogP contribution in [0.25, 0.3) is 0 Å². The van der Waals surface area contributed by atoms with Gasteiger partial charge in [0.15, 0.2) is 0 Å². The van der Waals surface area contributed by atoms with Crippen LogP contribution in [0.15, 0.2) is 30.6 Å². The smallest absolute Gasteiger partial charge is 0.246 e. The lowest BCUT2D eigenvalue weighted by molar-refractivity contribution is -0.117. The molecule has 0 saturated carbocycles. The van der Waals surface area contributed by atoms with Crippen molar-refractivity contribution in [3.8, 4) is 5.75 Å². The predicted octanol–water partition coefficient (Wildman–Crippen LogP) is 1.15. The molecule has 0 saturated heterocycles. The Bertz CT molecular complexity index is 707. The zero-order valence-electron chi connectivity index (χ0n) is 11.9. The molecule has 0 unspecified atom stereocenters. The van der Waals surface area contributed by atoms with E-state index >= 15 is 0 Å². The molecule has 2 amide bonds. The van der Waals surface area contributed by atoms with Crippen LogP contribution in [0.2, 0.25) is 0 Å². The highest BCUT2D eigenvalue weighted by atomic mass is 32.1. The van der Waals surface area contributed by atoms with Gasteiger partial charge in [0, 0.05) is 5.69 Å². The van der Waals surface area contributed by atoms with Crippen molar-refractivity contribution in [1.82, 2.24) is 14.5 Å². The monoisotopic (exact) mass is 321 g/mol. The third-order valence-corrected chi connectivity index (χ3v) is 3.08. The Balaban J connectivity index is 1.98. The van der Waals surface area contributed by atoms with Gasteiger partial charge in [-0.1, -0.05) is 0 Å². The van der Waals surface area contributed by atoms with Crippen molar-refractivity contribution >= 4 is 30.2 Å². The molecular weight excluding hydrogens is 306 g/mol. The summed E-state index contributed by atoms with van der Waals surface area (Å²) in [5.74, 6) is 0.456. The summed E-state index contributed by atoms with van der Waals surface area (Å²) in [7, 11) is 0. The first-order valence-corrected chi connectivity index (χ1v) is 6.92. The second kappa shape index (κ2) is 7.36. The van der Waals surface area contributed by atoms with E-state index in [9.17, 15) is 9.59 Å².